The van der Waals surface area contributed by atoms with E-state index >= 15 is 0 Å². The summed E-state index contributed by atoms with van der Waals surface area (Å²) in [5.41, 5.74) is 14.6. The van der Waals surface area contributed by atoms with Gasteiger partial charge in [0.05, 0.1) is 0 Å². The first kappa shape index (κ1) is 35.1. The van der Waals surface area contributed by atoms with Gasteiger partial charge in [0.25, 0.3) is 0 Å². The van der Waals surface area contributed by atoms with Crippen LogP contribution < -0.4 is 0 Å². The zero-order valence-corrected chi connectivity index (χ0v) is 35.6. The number of rotatable bonds is 3. The molecule has 0 saturated carbocycles. The summed E-state index contributed by atoms with van der Waals surface area (Å²) in [6.07, 6.45) is 0. The van der Waals surface area contributed by atoms with Crippen LogP contribution in [0, 0.1) is 0 Å². The zero-order chi connectivity index (χ0) is 41.6. The molecule has 0 bridgehead atoms. The lowest BCUT2D eigenvalue weighted by Crippen LogP contribution is -2.15. The van der Waals surface area contributed by atoms with E-state index < -0.39 is 0 Å². The Balaban J connectivity index is 0.882. The summed E-state index contributed by atoms with van der Waals surface area (Å²) in [6, 6.07) is 72.5. The SMILES string of the molecule is CC1(C)c2cc(-c3ccc4oc5cc6cc7c(cc6cc5c4c3)sc3ccccc37)ccc2-c2ccc(-c3c4ccccc4c(-c4cccc5ccccc45)c4ccccc34)cc21. The Morgan fingerprint density at radius 1 is 0.333 bits per heavy atom. The molecule has 0 unspecified atom stereocenters. The minimum Gasteiger partial charge on any atom is -0.456 e. The third-order valence-corrected chi connectivity index (χ3v) is 15.3. The molecule has 0 radical (unpaired) electrons. The molecule has 294 valence electrons. The molecule has 0 amide bonds. The van der Waals surface area contributed by atoms with E-state index in [0.717, 1.165) is 21.9 Å². The molecule has 0 spiro atoms. The van der Waals surface area contributed by atoms with Gasteiger partial charge in [-0.05, 0) is 153 Å². The topological polar surface area (TPSA) is 13.1 Å². The molecule has 1 aliphatic rings. The van der Waals surface area contributed by atoms with Crippen LogP contribution in [0.4, 0.5) is 0 Å². The van der Waals surface area contributed by atoms with Crippen LogP contribution in [0.2, 0.25) is 0 Å². The molecule has 0 N–H and O–H groups in total. The van der Waals surface area contributed by atoms with Gasteiger partial charge in [-0.25, -0.2) is 0 Å². The van der Waals surface area contributed by atoms with Crippen molar-refractivity contribution in [2.75, 3.05) is 0 Å². The molecule has 14 rings (SSSR count). The van der Waals surface area contributed by atoms with Crippen molar-refractivity contribution in [1.29, 1.82) is 0 Å². The smallest absolute Gasteiger partial charge is 0.136 e. The monoisotopic (exact) mass is 818 g/mol. The van der Waals surface area contributed by atoms with E-state index in [9.17, 15) is 0 Å². The van der Waals surface area contributed by atoms with Crippen molar-refractivity contribution < 1.29 is 4.42 Å². The van der Waals surface area contributed by atoms with Crippen molar-refractivity contribution in [3.63, 3.8) is 0 Å². The maximum absolute atomic E-state index is 6.53. The van der Waals surface area contributed by atoms with Gasteiger partial charge in [0.1, 0.15) is 11.2 Å². The highest BCUT2D eigenvalue weighted by Crippen LogP contribution is 2.53. The Morgan fingerprint density at radius 3 is 1.65 bits per heavy atom. The summed E-state index contributed by atoms with van der Waals surface area (Å²) in [6.45, 7) is 4.80. The summed E-state index contributed by atoms with van der Waals surface area (Å²) in [4.78, 5) is 0. The van der Waals surface area contributed by atoms with Gasteiger partial charge >= 0.3 is 0 Å². The van der Waals surface area contributed by atoms with Gasteiger partial charge in [-0.15, -0.1) is 11.3 Å². The van der Waals surface area contributed by atoms with E-state index in [4.69, 9.17) is 4.42 Å². The van der Waals surface area contributed by atoms with Crippen LogP contribution in [0.15, 0.2) is 199 Å². The molecule has 0 aliphatic heterocycles. The van der Waals surface area contributed by atoms with Crippen LogP contribution in [0.25, 0.3) is 130 Å². The van der Waals surface area contributed by atoms with Crippen molar-refractivity contribution in [3.8, 4) is 44.5 Å². The van der Waals surface area contributed by atoms with E-state index in [2.05, 4.69) is 208 Å². The highest BCUT2D eigenvalue weighted by Gasteiger charge is 2.36. The molecular formula is C61H38OS. The van der Waals surface area contributed by atoms with Crippen LogP contribution in [0.3, 0.4) is 0 Å². The van der Waals surface area contributed by atoms with E-state index in [1.165, 1.54) is 119 Å². The molecule has 11 aromatic carbocycles. The van der Waals surface area contributed by atoms with Gasteiger partial charge in [-0.3, -0.25) is 0 Å². The Labute approximate surface area is 368 Å². The van der Waals surface area contributed by atoms with Crippen LogP contribution in [-0.4, -0.2) is 0 Å². The van der Waals surface area contributed by atoms with Gasteiger partial charge < -0.3 is 4.42 Å². The second-order valence-electron chi connectivity index (χ2n) is 18.0. The Kier molecular flexibility index (Phi) is 7.12. The van der Waals surface area contributed by atoms with Crippen molar-refractivity contribution in [2.45, 2.75) is 19.3 Å². The summed E-state index contributed by atoms with van der Waals surface area (Å²) in [5, 5.41) is 15.0. The maximum atomic E-state index is 6.53. The zero-order valence-electron chi connectivity index (χ0n) is 34.8. The molecular weight excluding hydrogens is 781 g/mol. The van der Waals surface area contributed by atoms with Crippen molar-refractivity contribution >= 4 is 96.5 Å². The minimum atomic E-state index is -0.200. The Morgan fingerprint density at radius 2 is 0.889 bits per heavy atom. The molecule has 2 aromatic heterocycles. The molecule has 1 aliphatic carbocycles. The van der Waals surface area contributed by atoms with Crippen LogP contribution in [0.5, 0.6) is 0 Å². The number of thiophene rings is 1. The number of fused-ring (bicyclic) bond motifs is 13. The maximum Gasteiger partial charge on any atom is 0.136 e. The quantitative estimate of drug-likeness (QED) is 0.162. The third-order valence-electron chi connectivity index (χ3n) is 14.2. The second kappa shape index (κ2) is 12.8. The predicted molar refractivity (Wildman–Crippen MR) is 271 cm³/mol. The van der Waals surface area contributed by atoms with E-state index in [0.29, 0.717) is 0 Å². The van der Waals surface area contributed by atoms with Crippen LogP contribution in [-0.2, 0) is 5.41 Å². The summed E-state index contributed by atoms with van der Waals surface area (Å²) < 4.78 is 9.18. The first-order valence-corrected chi connectivity index (χ1v) is 22.7. The van der Waals surface area contributed by atoms with Crippen LogP contribution in [0.1, 0.15) is 25.0 Å². The van der Waals surface area contributed by atoms with Gasteiger partial charge in [0.15, 0.2) is 0 Å². The minimum absolute atomic E-state index is 0.200. The van der Waals surface area contributed by atoms with Gasteiger partial charge in [0.2, 0.25) is 0 Å². The fraction of sp³-hybridized carbons (Fsp3) is 0.0492. The lowest BCUT2D eigenvalue weighted by atomic mass is 9.80. The normalized spacial score (nSPS) is 13.4. The molecule has 13 aromatic rings. The Bertz CT molecular complexity index is 4060. The standard InChI is InChI=1S/C61H38OS/c1-61(2)53-31-37(36-24-27-55-50(28-36)51-29-40-34-58-52(30-39(40)33-56(51)62-55)44-15-9-10-21-57(44)63-58)22-25-42(53)43-26-23-38(32-54(43)61)59-46-16-5-7-18-48(46)60(49-19-8-6-17-47(49)59)45-20-11-13-35-12-3-4-14-41(35)45/h3-34H,1-2H3. The predicted octanol–water partition coefficient (Wildman–Crippen LogP) is 17.9. The van der Waals surface area contributed by atoms with Crippen molar-refractivity contribution in [2.24, 2.45) is 0 Å². The molecule has 0 atom stereocenters. The first-order chi connectivity index (χ1) is 31.0. The number of hydrogen-bond donors (Lipinski definition) is 0. The lowest BCUT2D eigenvalue weighted by Gasteiger charge is -2.23. The van der Waals surface area contributed by atoms with Gasteiger partial charge in [0, 0.05) is 36.4 Å². The second-order valence-corrected chi connectivity index (χ2v) is 19.1. The third kappa shape index (κ3) is 4.99. The molecule has 1 nitrogen and oxygen atoms in total. The molecule has 0 fully saturated rings. The summed E-state index contributed by atoms with van der Waals surface area (Å²) in [7, 11) is 0. The summed E-state index contributed by atoms with van der Waals surface area (Å²) in [5.74, 6) is 0. The van der Waals surface area contributed by atoms with Crippen LogP contribution >= 0.6 is 11.3 Å². The largest absolute Gasteiger partial charge is 0.456 e. The molecule has 0 saturated heterocycles. The Hall–Kier alpha value is -7.52. The highest BCUT2D eigenvalue weighted by molar-refractivity contribution is 7.25. The number of furan rings is 1. The highest BCUT2D eigenvalue weighted by atomic mass is 32.1. The fourth-order valence-corrected chi connectivity index (χ4v) is 12.3. The van der Waals surface area contributed by atoms with E-state index in [1.807, 2.05) is 11.3 Å². The van der Waals surface area contributed by atoms with Crippen molar-refractivity contribution in [3.05, 3.63) is 205 Å². The molecule has 2 heteroatoms. The number of hydrogen-bond acceptors (Lipinski definition) is 2. The molecule has 63 heavy (non-hydrogen) atoms. The van der Waals surface area contributed by atoms with Crippen molar-refractivity contribution in [1.82, 2.24) is 0 Å². The lowest BCUT2D eigenvalue weighted by molar-refractivity contribution is 0.661. The average molecular weight is 819 g/mol. The first-order valence-electron chi connectivity index (χ1n) is 21.9. The average Bonchev–Trinajstić information content (AvgIpc) is 3.94. The van der Waals surface area contributed by atoms with E-state index in [1.54, 1.807) is 0 Å². The van der Waals surface area contributed by atoms with E-state index in [-0.39, 0.29) is 5.41 Å². The van der Waals surface area contributed by atoms with Gasteiger partial charge in [-0.2, -0.15) is 0 Å². The summed E-state index contributed by atoms with van der Waals surface area (Å²) >= 11 is 1.87. The van der Waals surface area contributed by atoms with Gasteiger partial charge in [-0.1, -0.05) is 153 Å². The molecule has 2 heterocycles. The number of benzene rings is 11. The fourth-order valence-electron chi connectivity index (χ4n) is 11.2.